The molecule has 0 saturated heterocycles. The summed E-state index contributed by atoms with van der Waals surface area (Å²) in [6, 6.07) is 3.53. The molecule has 0 spiro atoms. The molecule has 0 amide bonds. The molecule has 0 unspecified atom stereocenters. The van der Waals surface area contributed by atoms with Crippen molar-refractivity contribution in [3.05, 3.63) is 68.5 Å². The molecule has 0 aliphatic heterocycles. The molecule has 0 aliphatic rings. The summed E-state index contributed by atoms with van der Waals surface area (Å²) < 4.78 is 56.3. The fourth-order valence-corrected chi connectivity index (χ4v) is 3.28. The molecule has 2 aromatic carbocycles. The van der Waals surface area contributed by atoms with Gasteiger partial charge in [0.15, 0.2) is 11.6 Å². The van der Waals surface area contributed by atoms with E-state index in [4.69, 9.17) is 11.6 Å². The number of aliphatic hydroxyl groups excluding tert-OH is 1. The smallest absolute Gasteiger partial charge is 0.153 e. The molecular formula is C17H10BrClF4N2O. The molecule has 1 heterocycles. The zero-order valence-electron chi connectivity index (χ0n) is 13.1. The SMILES string of the molecule is Cc1nc(-c2ccc(F)c(Br)c2Cl)c(CO)n1-c1c(F)cc(F)cc1F. The highest BCUT2D eigenvalue weighted by atomic mass is 79.9. The first kappa shape index (κ1) is 18.9. The predicted octanol–water partition coefficient (Wildman–Crippen LogP) is 5.31. The molecule has 3 rings (SSSR count). The molecule has 26 heavy (non-hydrogen) atoms. The van der Waals surface area contributed by atoms with E-state index in [1.54, 1.807) is 0 Å². The van der Waals surface area contributed by atoms with Crippen molar-refractivity contribution in [2.75, 3.05) is 0 Å². The third-order valence-electron chi connectivity index (χ3n) is 3.79. The lowest BCUT2D eigenvalue weighted by atomic mass is 10.1. The van der Waals surface area contributed by atoms with Gasteiger partial charge in [0.05, 0.1) is 27.5 Å². The van der Waals surface area contributed by atoms with E-state index in [2.05, 4.69) is 20.9 Å². The molecule has 3 aromatic rings. The van der Waals surface area contributed by atoms with Crippen LogP contribution in [0.1, 0.15) is 11.5 Å². The largest absolute Gasteiger partial charge is 0.390 e. The Morgan fingerprint density at radius 2 is 1.73 bits per heavy atom. The van der Waals surface area contributed by atoms with Crippen molar-refractivity contribution >= 4 is 27.5 Å². The Morgan fingerprint density at radius 1 is 1.12 bits per heavy atom. The van der Waals surface area contributed by atoms with E-state index in [-0.39, 0.29) is 32.3 Å². The molecule has 9 heteroatoms. The Labute approximate surface area is 159 Å². The second kappa shape index (κ2) is 7.02. The van der Waals surface area contributed by atoms with E-state index in [9.17, 15) is 22.7 Å². The van der Waals surface area contributed by atoms with E-state index in [1.165, 1.54) is 13.0 Å². The number of hydrogen-bond acceptors (Lipinski definition) is 2. The fraction of sp³-hybridized carbons (Fsp3) is 0.118. The van der Waals surface area contributed by atoms with Crippen LogP contribution in [-0.2, 0) is 6.61 Å². The van der Waals surface area contributed by atoms with Gasteiger partial charge in [0.2, 0.25) is 0 Å². The highest BCUT2D eigenvalue weighted by Crippen LogP contribution is 2.38. The number of hydrogen-bond donors (Lipinski definition) is 1. The monoisotopic (exact) mass is 448 g/mol. The van der Waals surface area contributed by atoms with Crippen LogP contribution in [0.2, 0.25) is 5.02 Å². The van der Waals surface area contributed by atoms with E-state index in [0.717, 1.165) is 10.6 Å². The molecular weight excluding hydrogens is 440 g/mol. The van der Waals surface area contributed by atoms with Crippen molar-refractivity contribution in [1.82, 2.24) is 9.55 Å². The summed E-state index contributed by atoms with van der Waals surface area (Å²) in [5.41, 5.74) is -0.177. The molecule has 0 saturated carbocycles. The van der Waals surface area contributed by atoms with Gasteiger partial charge in [-0.2, -0.15) is 0 Å². The summed E-state index contributed by atoms with van der Waals surface area (Å²) in [6.45, 7) is 0.815. The maximum atomic E-state index is 14.2. The highest BCUT2D eigenvalue weighted by Gasteiger charge is 2.24. The van der Waals surface area contributed by atoms with Gasteiger partial charge in [0, 0.05) is 17.7 Å². The van der Waals surface area contributed by atoms with Crippen LogP contribution in [0.3, 0.4) is 0 Å². The number of benzene rings is 2. The third-order valence-corrected chi connectivity index (χ3v) is 5.18. The van der Waals surface area contributed by atoms with Crippen LogP contribution in [0, 0.1) is 30.2 Å². The second-order valence-corrected chi connectivity index (χ2v) is 6.56. The number of aliphatic hydroxyl groups is 1. The van der Waals surface area contributed by atoms with Gasteiger partial charge < -0.3 is 5.11 Å². The summed E-state index contributed by atoms with van der Waals surface area (Å²) in [7, 11) is 0. The van der Waals surface area contributed by atoms with Crippen LogP contribution >= 0.6 is 27.5 Å². The summed E-state index contributed by atoms with van der Waals surface area (Å²) in [5.74, 6) is -3.86. The van der Waals surface area contributed by atoms with E-state index in [0.29, 0.717) is 12.1 Å². The standard InChI is InChI=1S/C17H10BrClF4N2O/c1-7-24-16(9-2-3-10(21)14(18)15(9)19)13(6-26)25(7)17-11(22)4-8(20)5-12(17)23/h2-5,26H,6H2,1H3. The first-order valence-corrected chi connectivity index (χ1v) is 8.41. The van der Waals surface area contributed by atoms with Crippen molar-refractivity contribution in [2.24, 2.45) is 0 Å². The lowest BCUT2D eigenvalue weighted by Gasteiger charge is -2.12. The number of rotatable bonds is 3. The van der Waals surface area contributed by atoms with Crippen LogP contribution in [0.4, 0.5) is 17.6 Å². The van der Waals surface area contributed by atoms with Crippen molar-refractivity contribution in [3.8, 4) is 16.9 Å². The van der Waals surface area contributed by atoms with Gasteiger partial charge in [-0.3, -0.25) is 4.57 Å². The third kappa shape index (κ3) is 3.02. The molecule has 0 bridgehead atoms. The fourth-order valence-electron chi connectivity index (χ4n) is 2.69. The maximum Gasteiger partial charge on any atom is 0.153 e. The predicted molar refractivity (Wildman–Crippen MR) is 92.2 cm³/mol. The Balaban J connectivity index is 2.32. The minimum Gasteiger partial charge on any atom is -0.390 e. The van der Waals surface area contributed by atoms with Gasteiger partial charge >= 0.3 is 0 Å². The topological polar surface area (TPSA) is 38.1 Å². The molecule has 1 aromatic heterocycles. The number of aromatic nitrogens is 2. The van der Waals surface area contributed by atoms with E-state index < -0.39 is 35.6 Å². The zero-order chi connectivity index (χ0) is 19.2. The van der Waals surface area contributed by atoms with Crippen LogP contribution in [-0.4, -0.2) is 14.7 Å². The molecule has 136 valence electrons. The lowest BCUT2D eigenvalue weighted by molar-refractivity contribution is 0.274. The summed E-state index contributed by atoms with van der Waals surface area (Å²) in [5, 5.41) is 9.77. The summed E-state index contributed by atoms with van der Waals surface area (Å²) >= 11 is 9.15. The Morgan fingerprint density at radius 3 is 2.31 bits per heavy atom. The summed E-state index contributed by atoms with van der Waals surface area (Å²) in [4.78, 5) is 4.21. The summed E-state index contributed by atoms with van der Waals surface area (Å²) in [6.07, 6.45) is 0. The number of halogens is 6. The normalized spacial score (nSPS) is 11.2. The van der Waals surface area contributed by atoms with Gasteiger partial charge in [0.1, 0.15) is 23.1 Å². The maximum absolute atomic E-state index is 14.2. The van der Waals surface area contributed by atoms with Crippen molar-refractivity contribution in [2.45, 2.75) is 13.5 Å². The second-order valence-electron chi connectivity index (χ2n) is 5.39. The number of nitrogens with zero attached hydrogens (tertiary/aromatic N) is 2. The lowest BCUT2D eigenvalue weighted by Crippen LogP contribution is -2.08. The Hall–Kier alpha value is -1.90. The van der Waals surface area contributed by atoms with Gasteiger partial charge in [0.25, 0.3) is 0 Å². The average molecular weight is 450 g/mol. The van der Waals surface area contributed by atoms with Crippen molar-refractivity contribution in [1.29, 1.82) is 0 Å². The van der Waals surface area contributed by atoms with E-state index in [1.807, 2.05) is 0 Å². The highest BCUT2D eigenvalue weighted by molar-refractivity contribution is 9.10. The minimum atomic E-state index is -1.16. The van der Waals surface area contributed by atoms with Gasteiger partial charge in [-0.15, -0.1) is 0 Å². The van der Waals surface area contributed by atoms with Crippen LogP contribution in [0.5, 0.6) is 0 Å². The first-order valence-electron chi connectivity index (χ1n) is 7.24. The van der Waals surface area contributed by atoms with Crippen molar-refractivity contribution in [3.63, 3.8) is 0 Å². The Kier molecular flexibility index (Phi) is 5.09. The van der Waals surface area contributed by atoms with Crippen molar-refractivity contribution < 1.29 is 22.7 Å². The van der Waals surface area contributed by atoms with Crippen LogP contribution in [0.25, 0.3) is 16.9 Å². The zero-order valence-corrected chi connectivity index (χ0v) is 15.5. The van der Waals surface area contributed by atoms with Crippen LogP contribution < -0.4 is 0 Å². The molecule has 1 N–H and O–H groups in total. The minimum absolute atomic E-state index is 0.00750. The molecule has 3 nitrogen and oxygen atoms in total. The first-order chi connectivity index (χ1) is 12.3. The van der Waals surface area contributed by atoms with E-state index >= 15 is 0 Å². The molecule has 0 fully saturated rings. The molecule has 0 atom stereocenters. The number of imidazole rings is 1. The molecule has 0 aliphatic carbocycles. The van der Waals surface area contributed by atoms with Crippen LogP contribution in [0.15, 0.2) is 28.7 Å². The average Bonchev–Trinajstić information content (AvgIpc) is 2.88. The molecule has 0 radical (unpaired) electrons. The Bertz CT molecular complexity index is 999. The van der Waals surface area contributed by atoms with Gasteiger partial charge in [-0.05, 0) is 35.0 Å². The van der Waals surface area contributed by atoms with Gasteiger partial charge in [-0.25, -0.2) is 22.5 Å². The quantitative estimate of drug-likeness (QED) is 0.435. The van der Waals surface area contributed by atoms with Gasteiger partial charge in [-0.1, -0.05) is 11.6 Å². The number of aryl methyl sites for hydroxylation is 1.